The molecule has 0 saturated carbocycles. The average Bonchev–Trinajstić information content (AvgIpc) is 3.11. The van der Waals surface area contributed by atoms with Gasteiger partial charge in [-0.3, -0.25) is 0 Å². The van der Waals surface area contributed by atoms with Gasteiger partial charge in [0.15, 0.2) is 5.58 Å². The maximum Gasteiger partial charge on any atom is 0.337 e. The summed E-state index contributed by atoms with van der Waals surface area (Å²) in [5.41, 5.74) is 5.34. The van der Waals surface area contributed by atoms with E-state index in [-0.39, 0.29) is 5.97 Å². The number of benzene rings is 2. The van der Waals surface area contributed by atoms with E-state index in [0.29, 0.717) is 28.5 Å². The zero-order chi connectivity index (χ0) is 18.1. The second-order valence-electron chi connectivity index (χ2n) is 6.65. The van der Waals surface area contributed by atoms with Gasteiger partial charge in [0.2, 0.25) is 5.89 Å². The van der Waals surface area contributed by atoms with Crippen LogP contribution in [0.15, 0.2) is 40.8 Å². The zero-order valence-corrected chi connectivity index (χ0v) is 15.0. The number of fused-ring (bicyclic) bond motifs is 1. The Hall–Kier alpha value is -2.66. The van der Waals surface area contributed by atoms with Crippen molar-refractivity contribution >= 4 is 17.1 Å². The summed E-state index contributed by atoms with van der Waals surface area (Å²) in [7, 11) is 1.37. The van der Waals surface area contributed by atoms with Crippen molar-refractivity contribution in [2.45, 2.75) is 25.7 Å². The SMILES string of the molecule is COC(=O)c1ccc2oc(-c3ccc(C)c(C4CCOCC4)c3)nc2c1. The third-order valence-corrected chi connectivity index (χ3v) is 5.00. The van der Waals surface area contributed by atoms with E-state index >= 15 is 0 Å². The Labute approximate surface area is 151 Å². The van der Waals surface area contributed by atoms with E-state index in [9.17, 15) is 4.79 Å². The Morgan fingerprint density at radius 1 is 1.15 bits per heavy atom. The standard InChI is InChI=1S/C21H21NO4/c1-13-3-4-15(11-17(13)14-7-9-25-10-8-14)20-22-18-12-16(21(23)24-2)5-6-19(18)26-20/h3-6,11-12,14H,7-10H2,1-2H3. The van der Waals surface area contributed by atoms with Gasteiger partial charge in [-0.05, 0) is 67.1 Å². The minimum atomic E-state index is -0.381. The Bertz CT molecular complexity index is 954. The number of esters is 1. The Morgan fingerprint density at radius 2 is 1.96 bits per heavy atom. The van der Waals surface area contributed by atoms with Crippen LogP contribution < -0.4 is 0 Å². The summed E-state index contributed by atoms with van der Waals surface area (Å²) >= 11 is 0. The quantitative estimate of drug-likeness (QED) is 0.651. The molecule has 0 radical (unpaired) electrons. The van der Waals surface area contributed by atoms with Crippen molar-refractivity contribution in [3.05, 3.63) is 53.1 Å². The maximum absolute atomic E-state index is 11.7. The van der Waals surface area contributed by atoms with E-state index in [1.165, 1.54) is 18.2 Å². The van der Waals surface area contributed by atoms with Crippen LogP contribution in [0.2, 0.25) is 0 Å². The number of hydrogen-bond donors (Lipinski definition) is 0. The van der Waals surface area contributed by atoms with E-state index < -0.39 is 0 Å². The number of ether oxygens (including phenoxy) is 2. The number of carbonyl (C=O) groups is 1. The van der Waals surface area contributed by atoms with E-state index in [1.807, 2.05) is 6.07 Å². The molecule has 1 aliphatic rings. The fourth-order valence-corrected chi connectivity index (χ4v) is 3.52. The van der Waals surface area contributed by atoms with Crippen LogP contribution in [0.3, 0.4) is 0 Å². The number of methoxy groups -OCH3 is 1. The van der Waals surface area contributed by atoms with Gasteiger partial charge in [-0.25, -0.2) is 9.78 Å². The molecular formula is C21H21NO4. The maximum atomic E-state index is 11.7. The first-order valence-electron chi connectivity index (χ1n) is 8.83. The number of hydrogen-bond acceptors (Lipinski definition) is 5. The monoisotopic (exact) mass is 351 g/mol. The van der Waals surface area contributed by atoms with Crippen LogP contribution in [0.5, 0.6) is 0 Å². The molecular weight excluding hydrogens is 330 g/mol. The van der Waals surface area contributed by atoms with Gasteiger partial charge >= 0.3 is 5.97 Å². The van der Waals surface area contributed by atoms with Crippen LogP contribution in [0, 0.1) is 6.92 Å². The first-order valence-corrected chi connectivity index (χ1v) is 8.83. The molecule has 134 valence electrons. The van der Waals surface area contributed by atoms with Crippen molar-refractivity contribution in [1.29, 1.82) is 0 Å². The molecule has 0 bridgehead atoms. The summed E-state index contributed by atoms with van der Waals surface area (Å²) in [6, 6.07) is 11.5. The van der Waals surface area contributed by atoms with Crippen molar-refractivity contribution in [3.8, 4) is 11.5 Å². The number of carbonyl (C=O) groups excluding carboxylic acids is 1. The first kappa shape index (κ1) is 16.8. The lowest BCUT2D eigenvalue weighted by Gasteiger charge is -2.24. The highest BCUT2D eigenvalue weighted by molar-refractivity contribution is 5.93. The highest BCUT2D eigenvalue weighted by Crippen LogP contribution is 2.33. The van der Waals surface area contributed by atoms with Gasteiger partial charge in [0.05, 0.1) is 12.7 Å². The number of rotatable bonds is 3. The molecule has 1 fully saturated rings. The van der Waals surface area contributed by atoms with E-state index in [4.69, 9.17) is 13.9 Å². The molecule has 5 heteroatoms. The molecule has 0 unspecified atom stereocenters. The lowest BCUT2D eigenvalue weighted by Crippen LogP contribution is -2.15. The summed E-state index contributed by atoms with van der Waals surface area (Å²) in [4.78, 5) is 16.3. The Balaban J connectivity index is 1.71. The Morgan fingerprint density at radius 3 is 2.73 bits per heavy atom. The Kier molecular flexibility index (Phi) is 4.47. The van der Waals surface area contributed by atoms with Crippen molar-refractivity contribution in [3.63, 3.8) is 0 Å². The van der Waals surface area contributed by atoms with Crippen LogP contribution in [0.25, 0.3) is 22.6 Å². The van der Waals surface area contributed by atoms with Gasteiger partial charge in [0.25, 0.3) is 0 Å². The molecule has 3 aromatic rings. The molecule has 0 spiro atoms. The topological polar surface area (TPSA) is 61.6 Å². The highest BCUT2D eigenvalue weighted by Gasteiger charge is 2.19. The fraction of sp³-hybridized carbons (Fsp3) is 0.333. The average molecular weight is 351 g/mol. The highest BCUT2D eigenvalue weighted by atomic mass is 16.5. The number of nitrogens with zero attached hydrogens (tertiary/aromatic N) is 1. The predicted octanol–water partition coefficient (Wildman–Crippen LogP) is 4.48. The molecule has 5 nitrogen and oxygen atoms in total. The van der Waals surface area contributed by atoms with Gasteiger partial charge in [-0.2, -0.15) is 0 Å². The largest absolute Gasteiger partial charge is 0.465 e. The normalized spacial score (nSPS) is 15.3. The third kappa shape index (κ3) is 3.10. The van der Waals surface area contributed by atoms with Gasteiger partial charge in [0.1, 0.15) is 5.52 Å². The fourth-order valence-electron chi connectivity index (χ4n) is 3.52. The van der Waals surface area contributed by atoms with Crippen LogP contribution >= 0.6 is 0 Å². The van der Waals surface area contributed by atoms with Crippen molar-refractivity contribution in [1.82, 2.24) is 4.98 Å². The molecule has 0 atom stereocenters. The third-order valence-electron chi connectivity index (χ3n) is 5.00. The molecule has 1 aliphatic heterocycles. The number of aryl methyl sites for hydroxylation is 1. The van der Waals surface area contributed by atoms with E-state index in [1.54, 1.807) is 18.2 Å². The van der Waals surface area contributed by atoms with E-state index in [0.717, 1.165) is 31.6 Å². The molecule has 1 saturated heterocycles. The van der Waals surface area contributed by atoms with Crippen molar-refractivity contribution in [2.75, 3.05) is 20.3 Å². The molecule has 4 rings (SSSR count). The predicted molar refractivity (Wildman–Crippen MR) is 98.3 cm³/mol. The minimum Gasteiger partial charge on any atom is -0.465 e. The summed E-state index contributed by atoms with van der Waals surface area (Å²) < 4.78 is 16.2. The molecule has 0 amide bonds. The molecule has 1 aromatic heterocycles. The minimum absolute atomic E-state index is 0.381. The van der Waals surface area contributed by atoms with Gasteiger partial charge in [-0.15, -0.1) is 0 Å². The molecule has 26 heavy (non-hydrogen) atoms. The summed E-state index contributed by atoms with van der Waals surface area (Å²) in [5.74, 6) is 0.697. The smallest absolute Gasteiger partial charge is 0.337 e. The van der Waals surface area contributed by atoms with E-state index in [2.05, 4.69) is 24.0 Å². The second-order valence-corrected chi connectivity index (χ2v) is 6.65. The summed E-state index contributed by atoms with van der Waals surface area (Å²) in [6.07, 6.45) is 2.08. The molecule has 2 aromatic carbocycles. The van der Waals surface area contributed by atoms with Crippen molar-refractivity contribution < 1.29 is 18.7 Å². The molecule has 0 N–H and O–H groups in total. The van der Waals surface area contributed by atoms with Crippen LogP contribution in [-0.4, -0.2) is 31.3 Å². The lowest BCUT2D eigenvalue weighted by atomic mass is 9.87. The second kappa shape index (κ2) is 6.92. The summed E-state index contributed by atoms with van der Waals surface area (Å²) in [5, 5.41) is 0. The van der Waals surface area contributed by atoms with Crippen LogP contribution in [0.1, 0.15) is 40.2 Å². The van der Waals surface area contributed by atoms with Gasteiger partial charge < -0.3 is 13.9 Å². The molecule has 0 aliphatic carbocycles. The number of aromatic nitrogens is 1. The van der Waals surface area contributed by atoms with Gasteiger partial charge in [-0.1, -0.05) is 6.07 Å². The van der Waals surface area contributed by atoms with Gasteiger partial charge in [0, 0.05) is 18.8 Å². The number of oxazole rings is 1. The first-order chi connectivity index (χ1) is 12.7. The van der Waals surface area contributed by atoms with Crippen molar-refractivity contribution in [2.24, 2.45) is 0 Å². The van der Waals surface area contributed by atoms with Crippen LogP contribution in [-0.2, 0) is 9.47 Å². The zero-order valence-electron chi connectivity index (χ0n) is 15.0. The summed E-state index contributed by atoms with van der Waals surface area (Å²) in [6.45, 7) is 3.77. The molecule has 2 heterocycles. The lowest BCUT2D eigenvalue weighted by molar-refractivity contribution is 0.0601. The van der Waals surface area contributed by atoms with Crippen LogP contribution in [0.4, 0.5) is 0 Å².